The van der Waals surface area contributed by atoms with Gasteiger partial charge in [-0.3, -0.25) is 0 Å². The first-order valence-electron chi connectivity index (χ1n) is 5.68. The molecule has 1 saturated heterocycles. The van der Waals surface area contributed by atoms with Gasteiger partial charge in [-0.15, -0.1) is 0 Å². The normalized spacial score (nSPS) is 28.0. The quantitative estimate of drug-likeness (QED) is 0.636. The van der Waals surface area contributed by atoms with Crippen LogP contribution in [-0.2, 0) is 9.47 Å². The molecule has 1 aromatic carbocycles. The molecular formula is C13H15BrO3. The summed E-state index contributed by atoms with van der Waals surface area (Å²) < 4.78 is 11.1. The third-order valence-electron chi connectivity index (χ3n) is 2.87. The van der Waals surface area contributed by atoms with Gasteiger partial charge in [0.2, 0.25) is 0 Å². The van der Waals surface area contributed by atoms with Crippen molar-refractivity contribution in [2.75, 3.05) is 5.33 Å². The summed E-state index contributed by atoms with van der Waals surface area (Å²) in [7, 11) is 0. The second-order valence-corrected chi connectivity index (χ2v) is 4.81. The van der Waals surface area contributed by atoms with Gasteiger partial charge in [0.05, 0.1) is 17.8 Å². The fourth-order valence-electron chi connectivity index (χ4n) is 1.92. The fraction of sp³-hybridized carbons (Fsp3) is 0.462. The first kappa shape index (κ1) is 12.6. The maximum Gasteiger partial charge on any atom is 0.338 e. The van der Waals surface area contributed by atoms with Crippen molar-refractivity contribution in [2.24, 2.45) is 0 Å². The Kier molecular flexibility index (Phi) is 4.18. The van der Waals surface area contributed by atoms with Crippen molar-refractivity contribution < 1.29 is 14.3 Å². The second-order valence-electron chi connectivity index (χ2n) is 4.16. The summed E-state index contributed by atoms with van der Waals surface area (Å²) in [6.07, 6.45) is 0.708. The summed E-state index contributed by atoms with van der Waals surface area (Å²) >= 11 is 3.38. The number of halogens is 1. The molecule has 0 aliphatic carbocycles. The van der Waals surface area contributed by atoms with Crippen molar-refractivity contribution in [3.63, 3.8) is 0 Å². The van der Waals surface area contributed by atoms with Crippen LogP contribution in [-0.4, -0.2) is 29.6 Å². The number of hydrogen-bond donors (Lipinski definition) is 0. The highest BCUT2D eigenvalue weighted by atomic mass is 79.9. The van der Waals surface area contributed by atoms with Crippen LogP contribution in [0.15, 0.2) is 30.3 Å². The van der Waals surface area contributed by atoms with E-state index in [4.69, 9.17) is 9.47 Å². The summed E-state index contributed by atoms with van der Waals surface area (Å²) in [5, 5.41) is 0.775. The number of ether oxygens (including phenoxy) is 2. The number of hydrogen-bond acceptors (Lipinski definition) is 3. The van der Waals surface area contributed by atoms with E-state index in [-0.39, 0.29) is 24.3 Å². The minimum Gasteiger partial charge on any atom is -0.456 e. The Balaban J connectivity index is 1.96. The third-order valence-corrected chi connectivity index (χ3v) is 3.59. The van der Waals surface area contributed by atoms with Crippen LogP contribution in [0.25, 0.3) is 0 Å². The van der Waals surface area contributed by atoms with Crippen molar-refractivity contribution >= 4 is 21.9 Å². The van der Waals surface area contributed by atoms with Crippen LogP contribution in [0.3, 0.4) is 0 Å². The van der Waals surface area contributed by atoms with Crippen molar-refractivity contribution in [1.82, 2.24) is 0 Å². The third kappa shape index (κ3) is 3.07. The van der Waals surface area contributed by atoms with Gasteiger partial charge in [-0.05, 0) is 19.1 Å². The van der Waals surface area contributed by atoms with Crippen LogP contribution in [0.4, 0.5) is 0 Å². The highest BCUT2D eigenvalue weighted by Crippen LogP contribution is 2.25. The van der Waals surface area contributed by atoms with E-state index in [2.05, 4.69) is 15.9 Å². The lowest BCUT2D eigenvalue weighted by atomic mass is 10.1. The molecule has 1 fully saturated rings. The average Bonchev–Trinajstić information content (AvgIpc) is 2.71. The van der Waals surface area contributed by atoms with Crippen LogP contribution in [0.2, 0.25) is 0 Å². The predicted octanol–water partition coefficient (Wildman–Crippen LogP) is 2.78. The zero-order chi connectivity index (χ0) is 12.3. The van der Waals surface area contributed by atoms with Crippen molar-refractivity contribution in [3.05, 3.63) is 35.9 Å². The van der Waals surface area contributed by atoms with Crippen LogP contribution >= 0.6 is 15.9 Å². The van der Waals surface area contributed by atoms with Gasteiger partial charge in [0, 0.05) is 11.8 Å². The molecule has 2 rings (SSSR count). The molecule has 0 bridgehead atoms. The molecule has 0 saturated carbocycles. The molecule has 0 spiro atoms. The van der Waals surface area contributed by atoms with Crippen molar-refractivity contribution in [2.45, 2.75) is 31.7 Å². The van der Waals surface area contributed by atoms with Crippen molar-refractivity contribution in [3.8, 4) is 0 Å². The van der Waals surface area contributed by atoms with E-state index < -0.39 is 0 Å². The minimum absolute atomic E-state index is 0.0368. The fourth-order valence-corrected chi connectivity index (χ4v) is 2.34. The van der Waals surface area contributed by atoms with Gasteiger partial charge in [0.15, 0.2) is 0 Å². The second kappa shape index (κ2) is 5.65. The molecule has 1 aromatic rings. The number of esters is 1. The topological polar surface area (TPSA) is 35.5 Å². The summed E-state index contributed by atoms with van der Waals surface area (Å²) in [5.41, 5.74) is 0.585. The molecule has 4 heteroatoms. The number of carbonyl (C=O) groups is 1. The van der Waals surface area contributed by atoms with E-state index in [0.29, 0.717) is 5.56 Å². The Labute approximate surface area is 109 Å². The average molecular weight is 299 g/mol. The zero-order valence-electron chi connectivity index (χ0n) is 9.64. The van der Waals surface area contributed by atoms with E-state index in [1.54, 1.807) is 12.1 Å². The monoisotopic (exact) mass is 298 g/mol. The van der Waals surface area contributed by atoms with E-state index >= 15 is 0 Å². The van der Waals surface area contributed by atoms with Crippen LogP contribution in [0.5, 0.6) is 0 Å². The van der Waals surface area contributed by atoms with E-state index in [9.17, 15) is 4.79 Å². The Hall–Kier alpha value is -0.870. The maximum absolute atomic E-state index is 11.9. The molecule has 0 amide bonds. The van der Waals surface area contributed by atoms with Gasteiger partial charge >= 0.3 is 5.97 Å². The van der Waals surface area contributed by atoms with Gasteiger partial charge in [-0.25, -0.2) is 4.79 Å². The molecule has 0 N–H and O–H groups in total. The predicted molar refractivity (Wildman–Crippen MR) is 68.4 cm³/mol. The Morgan fingerprint density at radius 2 is 2.18 bits per heavy atom. The molecule has 3 nitrogen and oxygen atoms in total. The molecule has 0 aromatic heterocycles. The largest absolute Gasteiger partial charge is 0.456 e. The number of rotatable bonds is 3. The Morgan fingerprint density at radius 3 is 2.76 bits per heavy atom. The van der Waals surface area contributed by atoms with E-state index in [1.165, 1.54) is 0 Å². The van der Waals surface area contributed by atoms with E-state index in [1.807, 2.05) is 25.1 Å². The first-order chi connectivity index (χ1) is 8.20. The Bertz CT molecular complexity index is 380. The van der Waals surface area contributed by atoms with Gasteiger partial charge in [0.25, 0.3) is 0 Å². The molecule has 0 unspecified atom stereocenters. The molecule has 1 aliphatic rings. The molecule has 17 heavy (non-hydrogen) atoms. The summed E-state index contributed by atoms with van der Waals surface area (Å²) in [6, 6.07) is 9.04. The smallest absolute Gasteiger partial charge is 0.338 e. The molecule has 3 atom stereocenters. The Morgan fingerprint density at radius 1 is 1.47 bits per heavy atom. The molecule has 0 radical (unpaired) electrons. The number of benzene rings is 1. The lowest BCUT2D eigenvalue weighted by molar-refractivity contribution is -0.000699. The molecular weight excluding hydrogens is 284 g/mol. The highest BCUT2D eigenvalue weighted by Gasteiger charge is 2.34. The number of alkyl halides is 1. The minimum atomic E-state index is -0.277. The lowest BCUT2D eigenvalue weighted by Gasteiger charge is -2.14. The molecule has 1 aliphatic heterocycles. The molecule has 92 valence electrons. The van der Waals surface area contributed by atoms with Crippen LogP contribution < -0.4 is 0 Å². The highest BCUT2D eigenvalue weighted by molar-refractivity contribution is 9.09. The molecule has 1 heterocycles. The van der Waals surface area contributed by atoms with Crippen LogP contribution in [0.1, 0.15) is 23.7 Å². The van der Waals surface area contributed by atoms with Crippen molar-refractivity contribution in [1.29, 1.82) is 0 Å². The summed E-state index contributed by atoms with van der Waals surface area (Å²) in [5.74, 6) is -0.277. The van der Waals surface area contributed by atoms with Crippen LogP contribution in [0, 0.1) is 0 Å². The standard InChI is InChI=1S/C13H15BrO3/c1-9-12(7-11(8-14)16-9)17-13(15)10-5-3-2-4-6-10/h2-6,9,11-12H,7-8H2,1H3/t9-,11+,12+/m0/s1. The summed E-state index contributed by atoms with van der Waals surface area (Å²) in [6.45, 7) is 1.94. The van der Waals surface area contributed by atoms with Gasteiger partial charge < -0.3 is 9.47 Å². The SMILES string of the molecule is C[C@@H]1O[C@@H](CBr)C[C@H]1OC(=O)c1ccccc1. The van der Waals surface area contributed by atoms with Gasteiger partial charge in [-0.2, -0.15) is 0 Å². The summed E-state index contributed by atoms with van der Waals surface area (Å²) in [4.78, 5) is 11.9. The van der Waals surface area contributed by atoms with Gasteiger partial charge in [-0.1, -0.05) is 34.1 Å². The van der Waals surface area contributed by atoms with Gasteiger partial charge in [0.1, 0.15) is 6.10 Å². The maximum atomic E-state index is 11.9. The first-order valence-corrected chi connectivity index (χ1v) is 6.80. The lowest BCUT2D eigenvalue weighted by Crippen LogP contribution is -2.24. The zero-order valence-corrected chi connectivity index (χ0v) is 11.2. The number of carbonyl (C=O) groups excluding carboxylic acids is 1. The van der Waals surface area contributed by atoms with E-state index in [0.717, 1.165) is 11.8 Å².